The lowest BCUT2D eigenvalue weighted by atomic mass is 10.1. The summed E-state index contributed by atoms with van der Waals surface area (Å²) in [6.45, 7) is 1.34. The van der Waals surface area contributed by atoms with Crippen LogP contribution in [0.5, 0.6) is 0 Å². The molecule has 0 atom stereocenters. The van der Waals surface area contributed by atoms with Crippen LogP contribution >= 0.6 is 0 Å². The molecule has 19 heavy (non-hydrogen) atoms. The first-order valence-electron chi connectivity index (χ1n) is 5.41. The average Bonchev–Trinajstić information content (AvgIpc) is 2.38. The normalized spacial score (nSPS) is 9.74. The van der Waals surface area contributed by atoms with E-state index in [9.17, 15) is 9.18 Å². The Morgan fingerprint density at radius 2 is 2.21 bits per heavy atom. The van der Waals surface area contributed by atoms with Gasteiger partial charge in [-0.25, -0.2) is 14.4 Å². The number of hydrogen-bond acceptors (Lipinski definition) is 4. The number of nitrogens with zero attached hydrogens (tertiary/aromatic N) is 3. The standard InChI is InChI=1S/C13H9FN4O/c1-8(19)17-13-16-5-4-12(18-13)9-2-3-10(7-15)11(14)6-9/h2-6H,1H3,(H,16,17,18,19). The molecule has 2 rings (SSSR count). The smallest absolute Gasteiger partial charge is 0.229 e. The van der Waals surface area contributed by atoms with E-state index in [0.29, 0.717) is 11.3 Å². The molecule has 0 saturated heterocycles. The van der Waals surface area contributed by atoms with E-state index in [-0.39, 0.29) is 17.4 Å². The number of nitrogens with one attached hydrogen (secondary N) is 1. The van der Waals surface area contributed by atoms with E-state index in [0.717, 1.165) is 0 Å². The Labute approximate surface area is 108 Å². The van der Waals surface area contributed by atoms with E-state index in [1.54, 1.807) is 18.2 Å². The first-order chi connectivity index (χ1) is 9.10. The first kappa shape index (κ1) is 12.6. The number of aromatic nitrogens is 2. The summed E-state index contributed by atoms with van der Waals surface area (Å²) in [6.07, 6.45) is 1.46. The van der Waals surface area contributed by atoms with E-state index >= 15 is 0 Å². The number of halogens is 1. The zero-order valence-electron chi connectivity index (χ0n) is 10.0. The van der Waals surface area contributed by atoms with Crippen molar-refractivity contribution in [2.75, 3.05) is 5.32 Å². The predicted octanol–water partition coefficient (Wildman–Crippen LogP) is 2.11. The van der Waals surface area contributed by atoms with Crippen LogP contribution in [-0.2, 0) is 4.79 Å². The SMILES string of the molecule is CC(=O)Nc1nccc(-c2ccc(C#N)c(F)c2)n1. The van der Waals surface area contributed by atoms with E-state index in [2.05, 4.69) is 15.3 Å². The molecule has 5 nitrogen and oxygen atoms in total. The summed E-state index contributed by atoms with van der Waals surface area (Å²) in [5.41, 5.74) is 0.938. The minimum Gasteiger partial charge on any atom is -0.295 e. The van der Waals surface area contributed by atoms with Crippen molar-refractivity contribution in [2.24, 2.45) is 0 Å². The van der Waals surface area contributed by atoms with Crippen LogP contribution in [0.15, 0.2) is 30.5 Å². The van der Waals surface area contributed by atoms with Crippen molar-refractivity contribution in [3.63, 3.8) is 0 Å². The number of carbonyl (C=O) groups excluding carboxylic acids is 1. The summed E-state index contributed by atoms with van der Waals surface area (Å²) >= 11 is 0. The topological polar surface area (TPSA) is 78.7 Å². The highest BCUT2D eigenvalue weighted by Gasteiger charge is 2.07. The van der Waals surface area contributed by atoms with Gasteiger partial charge in [-0.05, 0) is 18.2 Å². The zero-order chi connectivity index (χ0) is 13.8. The molecule has 0 aliphatic carbocycles. The van der Waals surface area contributed by atoms with Crippen LogP contribution in [0.4, 0.5) is 10.3 Å². The summed E-state index contributed by atoms with van der Waals surface area (Å²) in [5.74, 6) is -0.752. The zero-order valence-corrected chi connectivity index (χ0v) is 10.0. The molecule has 0 unspecified atom stereocenters. The number of rotatable bonds is 2. The lowest BCUT2D eigenvalue weighted by Crippen LogP contribution is -2.09. The largest absolute Gasteiger partial charge is 0.295 e. The molecule has 0 saturated carbocycles. The molecular weight excluding hydrogens is 247 g/mol. The predicted molar refractivity (Wildman–Crippen MR) is 66.4 cm³/mol. The third-order valence-corrected chi connectivity index (χ3v) is 2.33. The van der Waals surface area contributed by atoms with Crippen LogP contribution in [0.2, 0.25) is 0 Å². The van der Waals surface area contributed by atoms with Gasteiger partial charge in [-0.1, -0.05) is 6.07 Å². The maximum absolute atomic E-state index is 13.5. The van der Waals surface area contributed by atoms with Crippen molar-refractivity contribution in [3.8, 4) is 17.3 Å². The van der Waals surface area contributed by atoms with Crippen molar-refractivity contribution < 1.29 is 9.18 Å². The molecule has 1 amide bonds. The molecule has 0 fully saturated rings. The molecule has 0 spiro atoms. The van der Waals surface area contributed by atoms with Gasteiger partial charge in [-0.3, -0.25) is 10.1 Å². The lowest BCUT2D eigenvalue weighted by molar-refractivity contribution is -0.114. The third kappa shape index (κ3) is 2.90. The van der Waals surface area contributed by atoms with Crippen LogP contribution < -0.4 is 5.32 Å². The first-order valence-corrected chi connectivity index (χ1v) is 5.41. The molecular formula is C13H9FN4O. The van der Waals surface area contributed by atoms with Gasteiger partial charge < -0.3 is 0 Å². The Kier molecular flexibility index (Phi) is 3.48. The van der Waals surface area contributed by atoms with Crippen molar-refractivity contribution in [2.45, 2.75) is 6.92 Å². The molecule has 6 heteroatoms. The molecule has 1 heterocycles. The number of amides is 1. The van der Waals surface area contributed by atoms with Crippen LogP contribution in [-0.4, -0.2) is 15.9 Å². The fourth-order valence-electron chi connectivity index (χ4n) is 1.50. The fourth-order valence-corrected chi connectivity index (χ4v) is 1.50. The number of carbonyl (C=O) groups is 1. The van der Waals surface area contributed by atoms with Gasteiger partial charge in [-0.2, -0.15) is 5.26 Å². The highest BCUT2D eigenvalue weighted by molar-refractivity contribution is 5.86. The molecule has 2 aromatic rings. The van der Waals surface area contributed by atoms with Gasteiger partial charge in [-0.15, -0.1) is 0 Å². The van der Waals surface area contributed by atoms with Crippen molar-refractivity contribution in [3.05, 3.63) is 41.8 Å². The molecule has 1 aromatic carbocycles. The van der Waals surface area contributed by atoms with Crippen molar-refractivity contribution in [1.29, 1.82) is 5.26 Å². The quantitative estimate of drug-likeness (QED) is 0.892. The Morgan fingerprint density at radius 1 is 1.42 bits per heavy atom. The van der Waals surface area contributed by atoms with Gasteiger partial charge in [0.1, 0.15) is 11.9 Å². The summed E-state index contributed by atoms with van der Waals surface area (Å²) in [4.78, 5) is 18.9. The third-order valence-electron chi connectivity index (χ3n) is 2.33. The lowest BCUT2D eigenvalue weighted by Gasteiger charge is -2.04. The van der Waals surface area contributed by atoms with Crippen molar-refractivity contribution >= 4 is 11.9 Å². The monoisotopic (exact) mass is 256 g/mol. The van der Waals surface area contributed by atoms with Gasteiger partial charge >= 0.3 is 0 Å². The van der Waals surface area contributed by atoms with E-state index in [1.165, 1.54) is 25.3 Å². The highest BCUT2D eigenvalue weighted by atomic mass is 19.1. The molecule has 0 radical (unpaired) electrons. The van der Waals surface area contributed by atoms with Crippen LogP contribution in [0, 0.1) is 17.1 Å². The number of nitriles is 1. The molecule has 0 aliphatic rings. The van der Waals surface area contributed by atoms with Gasteiger partial charge in [0.2, 0.25) is 11.9 Å². The molecule has 1 N–H and O–H groups in total. The van der Waals surface area contributed by atoms with E-state index < -0.39 is 5.82 Å². The van der Waals surface area contributed by atoms with Gasteiger partial charge in [0.05, 0.1) is 11.3 Å². The van der Waals surface area contributed by atoms with E-state index in [1.807, 2.05) is 0 Å². The minimum absolute atomic E-state index is 0.0279. The number of anilines is 1. The summed E-state index contributed by atoms with van der Waals surface area (Å²) < 4.78 is 13.5. The minimum atomic E-state index is -0.611. The maximum atomic E-state index is 13.5. The van der Waals surface area contributed by atoms with Gasteiger partial charge in [0.15, 0.2) is 0 Å². The Balaban J connectivity index is 2.39. The number of benzene rings is 1. The van der Waals surface area contributed by atoms with Crippen LogP contribution in [0.25, 0.3) is 11.3 Å². The molecule has 94 valence electrons. The molecule has 1 aromatic heterocycles. The second kappa shape index (κ2) is 5.23. The van der Waals surface area contributed by atoms with Crippen LogP contribution in [0.1, 0.15) is 12.5 Å². The van der Waals surface area contributed by atoms with Gasteiger partial charge in [0, 0.05) is 18.7 Å². The van der Waals surface area contributed by atoms with E-state index in [4.69, 9.17) is 5.26 Å². The Morgan fingerprint density at radius 3 is 2.84 bits per heavy atom. The van der Waals surface area contributed by atoms with Gasteiger partial charge in [0.25, 0.3) is 0 Å². The number of hydrogen-bond donors (Lipinski definition) is 1. The average molecular weight is 256 g/mol. The highest BCUT2D eigenvalue weighted by Crippen LogP contribution is 2.20. The fraction of sp³-hybridized carbons (Fsp3) is 0.0769. The molecule has 0 bridgehead atoms. The second-order valence-corrected chi connectivity index (χ2v) is 3.75. The summed E-state index contributed by atoms with van der Waals surface area (Å²) in [7, 11) is 0. The second-order valence-electron chi connectivity index (χ2n) is 3.75. The van der Waals surface area contributed by atoms with Crippen LogP contribution in [0.3, 0.4) is 0 Å². The molecule has 0 aliphatic heterocycles. The Hall–Kier alpha value is -2.81. The Bertz CT molecular complexity index is 679. The maximum Gasteiger partial charge on any atom is 0.229 e. The van der Waals surface area contributed by atoms with Crippen molar-refractivity contribution in [1.82, 2.24) is 9.97 Å². The summed E-state index contributed by atoms with van der Waals surface area (Å²) in [6, 6.07) is 7.52. The summed E-state index contributed by atoms with van der Waals surface area (Å²) in [5, 5.41) is 11.1.